The Balaban J connectivity index is 1.67. The van der Waals surface area contributed by atoms with Gasteiger partial charge in [0.15, 0.2) is 22.7 Å². The van der Waals surface area contributed by atoms with Gasteiger partial charge in [-0.3, -0.25) is 14.3 Å². The first-order valence-electron chi connectivity index (χ1n) is 10.9. The van der Waals surface area contributed by atoms with Crippen molar-refractivity contribution in [1.82, 2.24) is 19.1 Å². The normalized spacial score (nSPS) is 12.5. The Labute approximate surface area is 206 Å². The van der Waals surface area contributed by atoms with Crippen molar-refractivity contribution < 1.29 is 32.1 Å². The van der Waals surface area contributed by atoms with Gasteiger partial charge in [0.2, 0.25) is 0 Å². The summed E-state index contributed by atoms with van der Waals surface area (Å²) in [5.41, 5.74) is -0.953. The summed E-state index contributed by atoms with van der Waals surface area (Å²) in [5.74, 6) is 0.866. The van der Waals surface area contributed by atoms with E-state index >= 15 is 0 Å². The number of ether oxygens (including phenoxy) is 2. The van der Waals surface area contributed by atoms with Crippen LogP contribution in [0.3, 0.4) is 0 Å². The van der Waals surface area contributed by atoms with Crippen molar-refractivity contribution in [3.05, 3.63) is 74.4 Å². The number of imidazole rings is 1. The van der Waals surface area contributed by atoms with Crippen LogP contribution in [0.5, 0.6) is 11.5 Å². The van der Waals surface area contributed by atoms with Crippen molar-refractivity contribution in [1.29, 1.82) is 0 Å². The number of nitrogens with zero attached hydrogens (tertiary/aromatic N) is 3. The second kappa shape index (κ2) is 10.5. The van der Waals surface area contributed by atoms with Crippen molar-refractivity contribution in [2.45, 2.75) is 32.1 Å². The maximum Gasteiger partial charge on any atom is 0.330 e. The Morgan fingerprint density at radius 3 is 2.38 bits per heavy atom. The van der Waals surface area contributed by atoms with Crippen LogP contribution in [0, 0.1) is 0 Å². The number of halogens is 4. The lowest BCUT2D eigenvalue weighted by molar-refractivity contribution is -0.0136. The molecule has 2 aromatic carbocycles. The third-order valence-corrected chi connectivity index (χ3v) is 5.72. The Morgan fingerprint density at radius 1 is 1.05 bits per heavy atom. The molecule has 37 heavy (non-hydrogen) atoms. The number of benzene rings is 2. The van der Waals surface area contributed by atoms with Crippen molar-refractivity contribution in [2.24, 2.45) is 7.05 Å². The van der Waals surface area contributed by atoms with Gasteiger partial charge < -0.3 is 19.1 Å². The molecule has 0 spiro atoms. The predicted octanol–water partition coefficient (Wildman–Crippen LogP) is 3.24. The molecule has 0 fully saturated rings. The number of nitrogens with one attached hydrogen (secondary N) is 1. The summed E-state index contributed by atoms with van der Waals surface area (Å²) in [6.45, 7) is -0.686. The first kappa shape index (κ1) is 25.9. The summed E-state index contributed by atoms with van der Waals surface area (Å²) >= 11 is 0. The molecular weight excluding hydrogens is 500 g/mol. The van der Waals surface area contributed by atoms with Crippen LogP contribution in [0.4, 0.5) is 17.6 Å². The van der Waals surface area contributed by atoms with E-state index < -0.39 is 36.7 Å². The molecule has 1 atom stereocenters. The lowest BCUT2D eigenvalue weighted by Gasteiger charge is -2.12. The van der Waals surface area contributed by atoms with E-state index in [2.05, 4.69) is 9.97 Å². The van der Waals surface area contributed by atoms with Crippen molar-refractivity contribution >= 4 is 11.2 Å². The van der Waals surface area contributed by atoms with Crippen LogP contribution in [0.15, 0.2) is 52.1 Å². The van der Waals surface area contributed by atoms with E-state index in [1.54, 1.807) is 18.2 Å². The number of aromatic nitrogens is 4. The fraction of sp³-hybridized carbons (Fsp3) is 0.292. The molecule has 9 nitrogen and oxygen atoms in total. The summed E-state index contributed by atoms with van der Waals surface area (Å²) in [6, 6.07) is 10.5. The van der Waals surface area contributed by atoms with Crippen LogP contribution in [-0.2, 0) is 20.2 Å². The largest absolute Gasteiger partial charge is 0.493 e. The maximum absolute atomic E-state index is 12.9. The zero-order valence-electron chi connectivity index (χ0n) is 19.6. The molecule has 0 bridgehead atoms. The maximum atomic E-state index is 12.9. The molecule has 0 aliphatic rings. The molecule has 2 aromatic heterocycles. The van der Waals surface area contributed by atoms with E-state index in [1.807, 2.05) is 0 Å². The Morgan fingerprint density at radius 2 is 1.76 bits per heavy atom. The van der Waals surface area contributed by atoms with E-state index in [-0.39, 0.29) is 29.2 Å². The summed E-state index contributed by atoms with van der Waals surface area (Å²) in [5, 5.41) is 9.60. The standard InChI is InChI=1S/C24H22F4N4O5/c1-31-18-22(32(10-15(33)20(27)28)24(35)30-23(18)34)29-21(31)14-7-8-16(17(9-14)36-2)37-11-12-3-5-13(6-4-12)19(25)26/h3-9,15,19-20,33H,10-11H2,1-2H3,(H,30,34,35). The highest BCUT2D eigenvalue weighted by Gasteiger charge is 2.23. The lowest BCUT2D eigenvalue weighted by Crippen LogP contribution is -2.36. The number of H-pyrrole nitrogens is 1. The van der Waals surface area contributed by atoms with E-state index in [0.29, 0.717) is 22.6 Å². The Bertz CT molecular complexity index is 1530. The topological polar surface area (TPSA) is 111 Å². The molecule has 2 heterocycles. The molecule has 0 amide bonds. The van der Waals surface area contributed by atoms with E-state index in [1.165, 1.54) is 43.0 Å². The summed E-state index contributed by atoms with van der Waals surface area (Å²) in [7, 11) is 2.92. The van der Waals surface area contributed by atoms with E-state index in [9.17, 15) is 32.3 Å². The van der Waals surface area contributed by atoms with Crippen molar-refractivity contribution in [2.75, 3.05) is 7.11 Å². The van der Waals surface area contributed by atoms with Gasteiger partial charge in [-0.2, -0.15) is 0 Å². The van der Waals surface area contributed by atoms with Crippen LogP contribution in [0.1, 0.15) is 17.6 Å². The number of aryl methyl sites for hydroxylation is 1. The summed E-state index contributed by atoms with van der Waals surface area (Å²) < 4.78 is 64.6. The van der Waals surface area contributed by atoms with Gasteiger partial charge in [-0.1, -0.05) is 24.3 Å². The van der Waals surface area contributed by atoms with Gasteiger partial charge in [-0.25, -0.2) is 27.3 Å². The predicted molar refractivity (Wildman–Crippen MR) is 125 cm³/mol. The number of aromatic amines is 1. The van der Waals surface area contributed by atoms with Crippen LogP contribution in [-0.4, -0.2) is 43.8 Å². The molecular formula is C24H22F4N4O5. The SMILES string of the molecule is COc1cc(-c2nc3c(c(=O)[nH]c(=O)n3CC(O)C(F)F)n2C)ccc1OCc1ccc(C(F)F)cc1. The number of methoxy groups -OCH3 is 1. The van der Waals surface area contributed by atoms with Crippen LogP contribution >= 0.6 is 0 Å². The van der Waals surface area contributed by atoms with Gasteiger partial charge in [-0.05, 0) is 23.8 Å². The molecule has 0 saturated heterocycles. The second-order valence-corrected chi connectivity index (χ2v) is 8.13. The monoisotopic (exact) mass is 522 g/mol. The highest BCUT2D eigenvalue weighted by molar-refractivity contribution is 5.77. The van der Waals surface area contributed by atoms with Crippen LogP contribution in [0.25, 0.3) is 22.6 Å². The average Bonchev–Trinajstić information content (AvgIpc) is 3.22. The van der Waals surface area contributed by atoms with Gasteiger partial charge in [0.25, 0.3) is 18.4 Å². The molecule has 4 rings (SSSR count). The Kier molecular flexibility index (Phi) is 7.34. The highest BCUT2D eigenvalue weighted by atomic mass is 19.3. The molecule has 0 saturated carbocycles. The van der Waals surface area contributed by atoms with Gasteiger partial charge in [0.1, 0.15) is 18.5 Å². The van der Waals surface area contributed by atoms with Crippen molar-refractivity contribution in [3.8, 4) is 22.9 Å². The minimum absolute atomic E-state index is 0.0531. The molecule has 4 aromatic rings. The summed E-state index contributed by atoms with van der Waals surface area (Å²) in [4.78, 5) is 31.1. The number of hydrogen-bond donors (Lipinski definition) is 2. The van der Waals surface area contributed by atoms with Gasteiger partial charge in [-0.15, -0.1) is 0 Å². The molecule has 0 radical (unpaired) electrons. The average molecular weight is 522 g/mol. The molecule has 2 N–H and O–H groups in total. The summed E-state index contributed by atoms with van der Waals surface area (Å²) in [6.07, 6.45) is -7.80. The van der Waals surface area contributed by atoms with E-state index in [0.717, 1.165) is 4.57 Å². The molecule has 13 heteroatoms. The highest BCUT2D eigenvalue weighted by Crippen LogP contribution is 2.33. The minimum atomic E-state index is -3.10. The number of rotatable bonds is 9. The third kappa shape index (κ3) is 5.21. The fourth-order valence-electron chi connectivity index (χ4n) is 3.79. The quantitative estimate of drug-likeness (QED) is 0.327. The Hall–Kier alpha value is -4.13. The minimum Gasteiger partial charge on any atom is -0.493 e. The number of alkyl halides is 4. The molecule has 0 aliphatic heterocycles. The smallest absolute Gasteiger partial charge is 0.330 e. The zero-order chi connectivity index (χ0) is 26.9. The second-order valence-electron chi connectivity index (χ2n) is 8.13. The number of aliphatic hydroxyl groups is 1. The first-order chi connectivity index (χ1) is 17.6. The number of hydrogen-bond acceptors (Lipinski definition) is 6. The molecule has 0 aliphatic carbocycles. The molecule has 196 valence electrons. The number of fused-ring (bicyclic) bond motifs is 1. The van der Waals surface area contributed by atoms with Crippen molar-refractivity contribution in [3.63, 3.8) is 0 Å². The van der Waals surface area contributed by atoms with Gasteiger partial charge in [0.05, 0.1) is 13.7 Å². The lowest BCUT2D eigenvalue weighted by atomic mass is 10.1. The van der Waals surface area contributed by atoms with Gasteiger partial charge in [0, 0.05) is 18.2 Å². The third-order valence-electron chi connectivity index (χ3n) is 5.72. The first-order valence-corrected chi connectivity index (χ1v) is 10.9. The van der Waals surface area contributed by atoms with Gasteiger partial charge >= 0.3 is 5.69 Å². The van der Waals surface area contributed by atoms with E-state index in [4.69, 9.17) is 9.47 Å². The van der Waals surface area contributed by atoms with Crippen LogP contribution in [0.2, 0.25) is 0 Å². The fourth-order valence-corrected chi connectivity index (χ4v) is 3.79. The zero-order valence-corrected chi connectivity index (χ0v) is 19.6. The van der Waals surface area contributed by atoms with Crippen LogP contribution < -0.4 is 20.7 Å². The molecule has 1 unspecified atom stereocenters. The number of aliphatic hydroxyl groups excluding tert-OH is 1.